The van der Waals surface area contributed by atoms with Crippen LogP contribution in [0.1, 0.15) is 52.9 Å². The van der Waals surface area contributed by atoms with Gasteiger partial charge in [-0.15, -0.1) is 0 Å². The molecule has 0 amide bonds. The predicted molar refractivity (Wildman–Crippen MR) is 77.8 cm³/mol. The SMILES string of the molecule is CCC(C)n1c(C(C)(C)C)nc2cc(N)ccc21. The molecule has 0 bridgehead atoms. The van der Waals surface area contributed by atoms with Crippen molar-refractivity contribution in [3.63, 3.8) is 0 Å². The number of hydrogen-bond acceptors (Lipinski definition) is 2. The number of nitrogen functional groups attached to an aromatic ring is 1. The van der Waals surface area contributed by atoms with Gasteiger partial charge in [0.2, 0.25) is 0 Å². The minimum atomic E-state index is 0.0389. The zero-order valence-corrected chi connectivity index (χ0v) is 12.0. The Morgan fingerprint density at radius 2 is 2.00 bits per heavy atom. The van der Waals surface area contributed by atoms with Crippen LogP contribution in [0.15, 0.2) is 18.2 Å². The highest BCUT2D eigenvalue weighted by molar-refractivity contribution is 5.80. The van der Waals surface area contributed by atoms with Crippen molar-refractivity contribution in [1.29, 1.82) is 0 Å². The van der Waals surface area contributed by atoms with Gasteiger partial charge in [-0.05, 0) is 31.5 Å². The molecule has 2 aromatic rings. The molecule has 0 saturated carbocycles. The van der Waals surface area contributed by atoms with Crippen molar-refractivity contribution in [2.75, 3.05) is 5.73 Å². The van der Waals surface area contributed by atoms with E-state index in [0.717, 1.165) is 23.4 Å². The van der Waals surface area contributed by atoms with E-state index in [0.29, 0.717) is 6.04 Å². The van der Waals surface area contributed by atoms with Gasteiger partial charge < -0.3 is 10.3 Å². The molecule has 18 heavy (non-hydrogen) atoms. The summed E-state index contributed by atoms with van der Waals surface area (Å²) in [5.41, 5.74) is 8.85. The standard InChI is InChI=1S/C15H23N3/c1-6-10(2)18-13-8-7-11(16)9-12(13)17-14(18)15(3,4)5/h7-10H,6,16H2,1-5H3. The van der Waals surface area contributed by atoms with Crippen LogP contribution in [-0.4, -0.2) is 9.55 Å². The molecule has 98 valence electrons. The third-order valence-corrected chi connectivity index (χ3v) is 3.42. The smallest absolute Gasteiger partial charge is 0.115 e. The molecule has 0 saturated heterocycles. The van der Waals surface area contributed by atoms with E-state index in [4.69, 9.17) is 10.7 Å². The van der Waals surface area contributed by atoms with E-state index in [-0.39, 0.29) is 5.41 Å². The monoisotopic (exact) mass is 245 g/mol. The number of benzene rings is 1. The fourth-order valence-electron chi connectivity index (χ4n) is 2.27. The molecule has 1 aromatic carbocycles. The molecule has 0 spiro atoms. The lowest BCUT2D eigenvalue weighted by molar-refractivity contribution is 0.452. The lowest BCUT2D eigenvalue weighted by Gasteiger charge is -2.23. The van der Waals surface area contributed by atoms with Crippen LogP contribution in [0.2, 0.25) is 0 Å². The molecule has 0 aliphatic heterocycles. The van der Waals surface area contributed by atoms with E-state index in [9.17, 15) is 0 Å². The third-order valence-electron chi connectivity index (χ3n) is 3.42. The van der Waals surface area contributed by atoms with Crippen molar-refractivity contribution < 1.29 is 0 Å². The second kappa shape index (κ2) is 4.30. The van der Waals surface area contributed by atoms with Crippen LogP contribution in [0, 0.1) is 0 Å². The highest BCUT2D eigenvalue weighted by Crippen LogP contribution is 2.31. The molecule has 0 aliphatic carbocycles. The maximum atomic E-state index is 5.85. The molecule has 3 nitrogen and oxygen atoms in total. The van der Waals surface area contributed by atoms with Crippen molar-refractivity contribution in [2.45, 2.75) is 52.5 Å². The van der Waals surface area contributed by atoms with Crippen LogP contribution in [0.25, 0.3) is 11.0 Å². The van der Waals surface area contributed by atoms with E-state index >= 15 is 0 Å². The minimum absolute atomic E-state index is 0.0389. The quantitative estimate of drug-likeness (QED) is 0.816. The predicted octanol–water partition coefficient (Wildman–Crippen LogP) is 3.89. The van der Waals surface area contributed by atoms with Gasteiger partial charge in [-0.2, -0.15) is 0 Å². The molecule has 1 aromatic heterocycles. The molecule has 0 radical (unpaired) electrons. The average molecular weight is 245 g/mol. The van der Waals surface area contributed by atoms with Crippen molar-refractivity contribution in [3.8, 4) is 0 Å². The number of aromatic nitrogens is 2. The normalized spacial score (nSPS) is 14.1. The van der Waals surface area contributed by atoms with Gasteiger partial charge in [0.1, 0.15) is 5.82 Å². The first kappa shape index (κ1) is 12.9. The molecule has 2 N–H and O–H groups in total. The second-order valence-corrected chi connectivity index (χ2v) is 6.06. The summed E-state index contributed by atoms with van der Waals surface area (Å²) < 4.78 is 2.36. The Kier molecular flexibility index (Phi) is 3.09. The van der Waals surface area contributed by atoms with Crippen LogP contribution >= 0.6 is 0 Å². The summed E-state index contributed by atoms with van der Waals surface area (Å²) >= 11 is 0. The molecular formula is C15H23N3. The van der Waals surface area contributed by atoms with E-state index < -0.39 is 0 Å². The number of rotatable bonds is 2. The van der Waals surface area contributed by atoms with Gasteiger partial charge in [0.05, 0.1) is 11.0 Å². The lowest BCUT2D eigenvalue weighted by atomic mass is 9.95. The van der Waals surface area contributed by atoms with Gasteiger partial charge in [-0.1, -0.05) is 27.7 Å². The average Bonchev–Trinajstić information content (AvgIpc) is 2.66. The number of nitrogens with zero attached hydrogens (tertiary/aromatic N) is 2. The maximum Gasteiger partial charge on any atom is 0.115 e. The van der Waals surface area contributed by atoms with Crippen LogP contribution in [0.5, 0.6) is 0 Å². The van der Waals surface area contributed by atoms with Crippen molar-refractivity contribution >= 4 is 16.7 Å². The van der Waals surface area contributed by atoms with Crippen molar-refractivity contribution in [2.24, 2.45) is 0 Å². The molecule has 3 heteroatoms. The Morgan fingerprint density at radius 1 is 1.33 bits per heavy atom. The lowest BCUT2D eigenvalue weighted by Crippen LogP contribution is -2.20. The summed E-state index contributed by atoms with van der Waals surface area (Å²) in [6.45, 7) is 11.1. The molecule has 0 aliphatic rings. The van der Waals surface area contributed by atoms with Gasteiger partial charge >= 0.3 is 0 Å². The second-order valence-electron chi connectivity index (χ2n) is 6.06. The number of anilines is 1. The summed E-state index contributed by atoms with van der Waals surface area (Å²) in [7, 11) is 0. The molecule has 1 unspecified atom stereocenters. The zero-order valence-electron chi connectivity index (χ0n) is 12.0. The van der Waals surface area contributed by atoms with Crippen LogP contribution in [0.4, 0.5) is 5.69 Å². The minimum Gasteiger partial charge on any atom is -0.399 e. The maximum absolute atomic E-state index is 5.85. The van der Waals surface area contributed by atoms with Crippen LogP contribution < -0.4 is 5.73 Å². The van der Waals surface area contributed by atoms with Gasteiger partial charge in [0, 0.05) is 17.1 Å². The molecular weight excluding hydrogens is 222 g/mol. The summed E-state index contributed by atoms with van der Waals surface area (Å²) in [6, 6.07) is 6.45. The first-order valence-electron chi connectivity index (χ1n) is 6.62. The fourth-order valence-corrected chi connectivity index (χ4v) is 2.27. The fraction of sp³-hybridized carbons (Fsp3) is 0.533. The Labute approximate surface area is 109 Å². The summed E-state index contributed by atoms with van der Waals surface area (Å²) in [5.74, 6) is 1.14. The van der Waals surface area contributed by atoms with Gasteiger partial charge in [-0.3, -0.25) is 0 Å². The van der Waals surface area contributed by atoms with Crippen LogP contribution in [0.3, 0.4) is 0 Å². The first-order valence-corrected chi connectivity index (χ1v) is 6.62. The highest BCUT2D eigenvalue weighted by atomic mass is 15.1. The number of hydrogen-bond donors (Lipinski definition) is 1. The topological polar surface area (TPSA) is 43.8 Å². The summed E-state index contributed by atoms with van der Waals surface area (Å²) in [5, 5.41) is 0. The Hall–Kier alpha value is -1.51. The van der Waals surface area contributed by atoms with E-state index in [1.165, 1.54) is 5.52 Å². The van der Waals surface area contributed by atoms with Gasteiger partial charge in [0.25, 0.3) is 0 Å². The number of fused-ring (bicyclic) bond motifs is 1. The van der Waals surface area contributed by atoms with Crippen LogP contribution in [-0.2, 0) is 5.41 Å². The van der Waals surface area contributed by atoms with E-state index in [1.54, 1.807) is 0 Å². The summed E-state index contributed by atoms with van der Waals surface area (Å²) in [6.07, 6.45) is 1.10. The Morgan fingerprint density at radius 3 is 2.56 bits per heavy atom. The first-order chi connectivity index (χ1) is 8.34. The van der Waals surface area contributed by atoms with Crippen molar-refractivity contribution in [1.82, 2.24) is 9.55 Å². The number of nitrogens with two attached hydrogens (primary N) is 1. The zero-order chi connectivity index (χ0) is 13.5. The van der Waals surface area contributed by atoms with Gasteiger partial charge in [-0.25, -0.2) is 4.98 Å². The van der Waals surface area contributed by atoms with E-state index in [2.05, 4.69) is 45.3 Å². The van der Waals surface area contributed by atoms with Gasteiger partial charge in [0.15, 0.2) is 0 Å². The molecule has 1 heterocycles. The highest BCUT2D eigenvalue weighted by Gasteiger charge is 2.24. The summed E-state index contributed by atoms with van der Waals surface area (Å²) in [4.78, 5) is 4.80. The largest absolute Gasteiger partial charge is 0.399 e. The molecule has 0 fully saturated rings. The van der Waals surface area contributed by atoms with Crippen molar-refractivity contribution in [3.05, 3.63) is 24.0 Å². The Bertz CT molecular complexity index is 561. The molecule has 1 atom stereocenters. The molecule has 2 rings (SSSR count). The Balaban J connectivity index is 2.76. The number of imidazole rings is 1. The van der Waals surface area contributed by atoms with E-state index in [1.807, 2.05) is 12.1 Å². The third kappa shape index (κ3) is 2.09.